The van der Waals surface area contributed by atoms with Crippen molar-refractivity contribution in [2.75, 3.05) is 19.7 Å². The molecular weight excluding hydrogens is 296 g/mol. The lowest BCUT2D eigenvalue weighted by atomic mass is 10.1. The van der Waals surface area contributed by atoms with Crippen LogP contribution < -0.4 is 0 Å². The minimum absolute atomic E-state index is 0.0124. The smallest absolute Gasteiger partial charge is 0.261 e. The molecule has 1 aromatic carbocycles. The highest BCUT2D eigenvalue weighted by Crippen LogP contribution is 2.28. The summed E-state index contributed by atoms with van der Waals surface area (Å²) in [5, 5.41) is 0. The summed E-state index contributed by atoms with van der Waals surface area (Å²) in [6.45, 7) is 1.60. The number of fused-ring (bicyclic) bond motifs is 1. The fourth-order valence-corrected chi connectivity index (χ4v) is 3.67. The Bertz CT molecular complexity index is 646. The van der Waals surface area contributed by atoms with E-state index in [2.05, 4.69) is 0 Å². The van der Waals surface area contributed by atoms with Gasteiger partial charge in [0.15, 0.2) is 0 Å². The summed E-state index contributed by atoms with van der Waals surface area (Å²) in [4.78, 5) is 40.5. The lowest BCUT2D eigenvalue weighted by molar-refractivity contribution is -0.139. The number of rotatable bonds is 2. The van der Waals surface area contributed by atoms with Crippen LogP contribution in [-0.2, 0) is 9.53 Å². The first-order valence-electron chi connectivity index (χ1n) is 8.04. The maximum atomic E-state index is 12.5. The number of amides is 3. The van der Waals surface area contributed by atoms with Gasteiger partial charge in [-0.3, -0.25) is 19.3 Å². The molecule has 0 aliphatic carbocycles. The zero-order chi connectivity index (χ0) is 16.0. The molecule has 3 amide bonds. The van der Waals surface area contributed by atoms with Crippen LogP contribution in [0.25, 0.3) is 0 Å². The van der Waals surface area contributed by atoms with Gasteiger partial charge in [0.05, 0.1) is 17.2 Å². The maximum Gasteiger partial charge on any atom is 0.261 e. The molecule has 0 spiro atoms. The summed E-state index contributed by atoms with van der Waals surface area (Å²) in [6, 6.07) is 6.64. The molecule has 2 fully saturated rings. The van der Waals surface area contributed by atoms with Crippen molar-refractivity contribution < 1.29 is 19.1 Å². The first-order valence-corrected chi connectivity index (χ1v) is 8.04. The molecule has 3 aliphatic heterocycles. The van der Waals surface area contributed by atoms with E-state index in [4.69, 9.17) is 4.74 Å². The van der Waals surface area contributed by atoms with Gasteiger partial charge in [-0.15, -0.1) is 0 Å². The highest BCUT2D eigenvalue weighted by atomic mass is 16.5. The zero-order valence-electron chi connectivity index (χ0n) is 12.7. The number of carbonyl (C=O) groups excluding carboxylic acids is 3. The van der Waals surface area contributed by atoms with Crippen molar-refractivity contribution >= 4 is 17.7 Å². The summed E-state index contributed by atoms with van der Waals surface area (Å²) in [5.74, 6) is -0.509. The number of hydrogen-bond acceptors (Lipinski definition) is 4. The predicted octanol–water partition coefficient (Wildman–Crippen LogP) is 1.06. The second-order valence-corrected chi connectivity index (χ2v) is 6.25. The van der Waals surface area contributed by atoms with Gasteiger partial charge in [0.25, 0.3) is 17.7 Å². The summed E-state index contributed by atoms with van der Waals surface area (Å²) in [5.41, 5.74) is 0.919. The Morgan fingerprint density at radius 1 is 1.09 bits per heavy atom. The number of imide groups is 1. The monoisotopic (exact) mass is 314 g/mol. The fraction of sp³-hybridized carbons (Fsp3) is 0.471. The van der Waals surface area contributed by atoms with E-state index in [0.717, 1.165) is 12.8 Å². The van der Waals surface area contributed by atoms with Crippen molar-refractivity contribution in [1.82, 2.24) is 9.80 Å². The van der Waals surface area contributed by atoms with Gasteiger partial charge in [0, 0.05) is 19.7 Å². The largest absolute Gasteiger partial charge is 0.368 e. The van der Waals surface area contributed by atoms with Gasteiger partial charge in [-0.05, 0) is 31.4 Å². The number of ether oxygens (including phenoxy) is 1. The summed E-state index contributed by atoms with van der Waals surface area (Å²) in [7, 11) is 0. The van der Waals surface area contributed by atoms with Crippen LogP contribution >= 0.6 is 0 Å². The average Bonchev–Trinajstić information content (AvgIpc) is 3.29. The molecule has 3 aliphatic rings. The number of carbonyl (C=O) groups is 3. The van der Waals surface area contributed by atoms with Crippen molar-refractivity contribution in [3.05, 3.63) is 35.4 Å². The van der Waals surface area contributed by atoms with Gasteiger partial charge in [-0.1, -0.05) is 12.1 Å². The molecule has 6 heteroatoms. The number of benzene rings is 1. The van der Waals surface area contributed by atoms with Crippen LogP contribution in [0.2, 0.25) is 0 Å². The normalized spacial score (nSPS) is 27.0. The fourth-order valence-electron chi connectivity index (χ4n) is 3.67. The summed E-state index contributed by atoms with van der Waals surface area (Å²) >= 11 is 0. The predicted molar refractivity (Wildman–Crippen MR) is 80.9 cm³/mol. The van der Waals surface area contributed by atoms with Gasteiger partial charge >= 0.3 is 0 Å². The molecule has 1 aromatic rings. The number of likely N-dealkylation sites (tertiary alicyclic amines) is 1. The molecule has 2 atom stereocenters. The average molecular weight is 314 g/mol. The van der Waals surface area contributed by atoms with Crippen LogP contribution in [0.4, 0.5) is 0 Å². The van der Waals surface area contributed by atoms with Crippen LogP contribution in [0.3, 0.4) is 0 Å². The van der Waals surface area contributed by atoms with E-state index in [0.29, 0.717) is 37.2 Å². The zero-order valence-corrected chi connectivity index (χ0v) is 12.7. The molecule has 6 nitrogen and oxygen atoms in total. The maximum absolute atomic E-state index is 12.5. The molecule has 2 unspecified atom stereocenters. The minimum atomic E-state index is -0.351. The minimum Gasteiger partial charge on any atom is -0.368 e. The van der Waals surface area contributed by atoms with Crippen molar-refractivity contribution in [3.63, 3.8) is 0 Å². The van der Waals surface area contributed by atoms with Crippen molar-refractivity contribution in [2.45, 2.75) is 31.4 Å². The SMILES string of the molecule is O=C(C1CCCO1)N1CCC(N2C(=O)c3ccccc3C2=O)C1. The van der Waals surface area contributed by atoms with Gasteiger partial charge in [0.1, 0.15) is 6.10 Å². The van der Waals surface area contributed by atoms with E-state index in [1.54, 1.807) is 29.2 Å². The van der Waals surface area contributed by atoms with E-state index in [-0.39, 0.29) is 29.9 Å². The summed E-state index contributed by atoms with van der Waals surface area (Å²) in [6.07, 6.45) is 1.94. The van der Waals surface area contributed by atoms with Crippen LogP contribution in [0.1, 0.15) is 40.0 Å². The van der Waals surface area contributed by atoms with Gasteiger partial charge in [-0.2, -0.15) is 0 Å². The molecule has 0 saturated carbocycles. The lowest BCUT2D eigenvalue weighted by Crippen LogP contribution is -2.44. The molecular formula is C17H18N2O4. The first-order chi connectivity index (χ1) is 11.2. The van der Waals surface area contributed by atoms with Gasteiger partial charge in [0.2, 0.25) is 0 Å². The molecule has 0 aromatic heterocycles. The Balaban J connectivity index is 1.49. The van der Waals surface area contributed by atoms with E-state index in [1.807, 2.05) is 0 Å². The van der Waals surface area contributed by atoms with E-state index in [1.165, 1.54) is 4.90 Å². The number of nitrogens with zero attached hydrogens (tertiary/aromatic N) is 2. The highest BCUT2D eigenvalue weighted by molar-refractivity contribution is 6.21. The Morgan fingerprint density at radius 3 is 2.39 bits per heavy atom. The second-order valence-electron chi connectivity index (χ2n) is 6.25. The van der Waals surface area contributed by atoms with Crippen LogP contribution in [0.5, 0.6) is 0 Å². The number of hydrogen-bond donors (Lipinski definition) is 0. The Morgan fingerprint density at radius 2 is 1.78 bits per heavy atom. The van der Waals surface area contributed by atoms with Crippen molar-refractivity contribution in [3.8, 4) is 0 Å². The molecule has 4 rings (SSSR count). The molecule has 120 valence electrons. The van der Waals surface area contributed by atoms with Crippen molar-refractivity contribution in [2.24, 2.45) is 0 Å². The van der Waals surface area contributed by atoms with Crippen LogP contribution in [0, 0.1) is 0 Å². The second kappa shape index (κ2) is 5.45. The molecule has 0 bridgehead atoms. The Kier molecular flexibility index (Phi) is 3.41. The van der Waals surface area contributed by atoms with E-state index >= 15 is 0 Å². The van der Waals surface area contributed by atoms with Gasteiger partial charge < -0.3 is 9.64 Å². The third-order valence-corrected chi connectivity index (χ3v) is 4.87. The molecule has 3 heterocycles. The Hall–Kier alpha value is -2.21. The topological polar surface area (TPSA) is 66.9 Å². The van der Waals surface area contributed by atoms with Gasteiger partial charge in [-0.25, -0.2) is 0 Å². The van der Waals surface area contributed by atoms with Crippen LogP contribution in [-0.4, -0.2) is 59.4 Å². The first kappa shape index (κ1) is 14.4. The molecule has 0 radical (unpaired) electrons. The highest BCUT2D eigenvalue weighted by Gasteiger charge is 2.43. The molecule has 0 N–H and O–H groups in total. The van der Waals surface area contributed by atoms with Crippen molar-refractivity contribution in [1.29, 1.82) is 0 Å². The lowest BCUT2D eigenvalue weighted by Gasteiger charge is -2.23. The third-order valence-electron chi connectivity index (χ3n) is 4.87. The summed E-state index contributed by atoms with van der Waals surface area (Å²) < 4.78 is 5.44. The molecule has 2 saturated heterocycles. The van der Waals surface area contributed by atoms with Crippen LogP contribution in [0.15, 0.2) is 24.3 Å². The quantitative estimate of drug-likeness (QED) is 0.766. The van der Waals surface area contributed by atoms with E-state index < -0.39 is 0 Å². The third kappa shape index (κ3) is 2.25. The standard InChI is InChI=1S/C17H18N2O4/c20-15-12-4-1-2-5-13(12)16(21)19(15)11-7-8-18(10-11)17(22)14-6-3-9-23-14/h1-2,4-5,11,14H,3,6-10H2. The Labute approximate surface area is 134 Å². The van der Waals surface area contributed by atoms with E-state index in [9.17, 15) is 14.4 Å². The molecule has 23 heavy (non-hydrogen) atoms.